The number of rotatable bonds is 5. The number of sulfonamides is 1. The Morgan fingerprint density at radius 2 is 1.67 bits per heavy atom. The molecule has 1 amide bonds. The molecule has 3 aromatic rings. The number of aryl methyl sites for hydroxylation is 3. The Kier molecular flexibility index (Phi) is 6.56. The number of carbonyl (C=O) groups is 1. The van der Waals surface area contributed by atoms with E-state index in [1.165, 1.54) is 4.31 Å². The van der Waals surface area contributed by atoms with Crippen LogP contribution in [0.3, 0.4) is 0 Å². The predicted molar refractivity (Wildman–Crippen MR) is 126 cm³/mol. The van der Waals surface area contributed by atoms with E-state index in [-0.39, 0.29) is 36.8 Å². The highest BCUT2D eigenvalue weighted by Crippen LogP contribution is 2.29. The zero-order valence-electron chi connectivity index (χ0n) is 18.6. The van der Waals surface area contributed by atoms with Crippen LogP contribution >= 0.6 is 11.6 Å². The van der Waals surface area contributed by atoms with Gasteiger partial charge in [0, 0.05) is 29.6 Å². The molecule has 0 bridgehead atoms. The molecule has 10 heteroatoms. The minimum atomic E-state index is -3.63. The summed E-state index contributed by atoms with van der Waals surface area (Å²) in [5, 5.41) is 11.1. The highest BCUT2D eigenvalue weighted by molar-refractivity contribution is 7.89. The predicted octanol–water partition coefficient (Wildman–Crippen LogP) is 4.35. The van der Waals surface area contributed by atoms with Crippen LogP contribution in [0.5, 0.6) is 0 Å². The van der Waals surface area contributed by atoms with Crippen molar-refractivity contribution in [2.24, 2.45) is 5.92 Å². The first-order chi connectivity index (χ1) is 15.6. The summed E-state index contributed by atoms with van der Waals surface area (Å²) in [7, 11) is -3.63. The smallest absolute Gasteiger partial charge is 0.322 e. The Hall–Kier alpha value is -2.75. The fourth-order valence-corrected chi connectivity index (χ4v) is 6.26. The number of hydrogen-bond acceptors (Lipinski definition) is 6. The summed E-state index contributed by atoms with van der Waals surface area (Å²) in [6.07, 6.45) is 0.820. The van der Waals surface area contributed by atoms with Gasteiger partial charge in [-0.25, -0.2) is 8.42 Å². The maximum atomic E-state index is 13.3. The molecule has 1 fully saturated rings. The number of halogens is 1. The lowest BCUT2D eigenvalue weighted by Crippen LogP contribution is -2.41. The zero-order valence-corrected chi connectivity index (χ0v) is 20.2. The number of benzene rings is 2. The standard InChI is InChI=1S/C23H25ClN4O4S/c1-14-12-15(2)20(16(3)13-14)33(30,31)28-10-8-17(9-11-28)21(29)25-23-27-26-22(32-23)18-4-6-19(24)7-5-18/h4-7,12-13,17H,8-11H2,1-3H3,(H,25,27,29). The van der Waals surface area contributed by atoms with Crippen LogP contribution < -0.4 is 5.32 Å². The summed E-state index contributed by atoms with van der Waals surface area (Å²) in [6.45, 7) is 6.12. The monoisotopic (exact) mass is 488 g/mol. The van der Waals surface area contributed by atoms with Gasteiger partial charge in [0.2, 0.25) is 21.8 Å². The van der Waals surface area contributed by atoms with Gasteiger partial charge in [0.05, 0.1) is 4.90 Å². The molecule has 1 aromatic heterocycles. The number of piperidine rings is 1. The lowest BCUT2D eigenvalue weighted by molar-refractivity contribution is -0.121. The topological polar surface area (TPSA) is 105 Å². The molecule has 2 heterocycles. The van der Waals surface area contributed by atoms with Crippen molar-refractivity contribution >= 4 is 33.5 Å². The van der Waals surface area contributed by atoms with Gasteiger partial charge in [0.1, 0.15) is 0 Å². The van der Waals surface area contributed by atoms with Gasteiger partial charge in [-0.1, -0.05) is 34.4 Å². The molecular weight excluding hydrogens is 464 g/mol. The first-order valence-corrected chi connectivity index (χ1v) is 12.5. The van der Waals surface area contributed by atoms with E-state index in [1.54, 1.807) is 24.3 Å². The molecule has 1 aliphatic rings. The summed E-state index contributed by atoms with van der Waals surface area (Å²) >= 11 is 5.89. The highest BCUT2D eigenvalue weighted by Gasteiger charge is 2.34. The van der Waals surface area contributed by atoms with Crippen molar-refractivity contribution in [2.75, 3.05) is 18.4 Å². The largest absolute Gasteiger partial charge is 0.403 e. The zero-order chi connectivity index (χ0) is 23.8. The number of carbonyl (C=O) groups excluding carboxylic acids is 1. The first kappa shape index (κ1) is 23.4. The quantitative estimate of drug-likeness (QED) is 0.572. The number of aromatic nitrogens is 2. The lowest BCUT2D eigenvalue weighted by atomic mass is 9.97. The van der Waals surface area contributed by atoms with E-state index in [2.05, 4.69) is 15.5 Å². The number of amides is 1. The van der Waals surface area contributed by atoms with Crippen LogP contribution in [0.15, 0.2) is 45.7 Å². The van der Waals surface area contributed by atoms with Crippen LogP contribution in [0.4, 0.5) is 6.01 Å². The molecule has 0 spiro atoms. The number of hydrogen-bond donors (Lipinski definition) is 1. The van der Waals surface area contributed by atoms with Crippen molar-refractivity contribution in [1.82, 2.24) is 14.5 Å². The van der Waals surface area contributed by atoms with E-state index in [0.717, 1.165) is 16.7 Å². The summed E-state index contributed by atoms with van der Waals surface area (Å²) in [5.74, 6) is -0.338. The normalized spacial score (nSPS) is 15.5. The third kappa shape index (κ3) is 4.95. The second kappa shape index (κ2) is 9.24. The minimum Gasteiger partial charge on any atom is -0.403 e. The Morgan fingerprint density at radius 3 is 2.27 bits per heavy atom. The fraction of sp³-hybridized carbons (Fsp3) is 0.348. The van der Waals surface area contributed by atoms with Crippen LogP contribution in [0.25, 0.3) is 11.5 Å². The van der Waals surface area contributed by atoms with Crippen LogP contribution in [0.2, 0.25) is 5.02 Å². The van der Waals surface area contributed by atoms with Gasteiger partial charge in [0.15, 0.2) is 0 Å². The van der Waals surface area contributed by atoms with Crippen LogP contribution in [0.1, 0.15) is 29.5 Å². The number of anilines is 1. The number of nitrogens with zero attached hydrogens (tertiary/aromatic N) is 3. The number of nitrogens with one attached hydrogen (secondary N) is 1. The van der Waals surface area contributed by atoms with Gasteiger partial charge in [-0.2, -0.15) is 4.31 Å². The molecule has 8 nitrogen and oxygen atoms in total. The second-order valence-corrected chi connectivity index (χ2v) is 10.6. The van der Waals surface area contributed by atoms with Crippen LogP contribution in [-0.4, -0.2) is 41.9 Å². The van der Waals surface area contributed by atoms with Crippen molar-refractivity contribution in [1.29, 1.82) is 0 Å². The molecule has 2 aromatic carbocycles. The van der Waals surface area contributed by atoms with Gasteiger partial charge < -0.3 is 4.42 Å². The third-order valence-corrected chi connectivity index (χ3v) is 8.23. The Morgan fingerprint density at radius 1 is 1.06 bits per heavy atom. The molecule has 0 radical (unpaired) electrons. The minimum absolute atomic E-state index is 0.00547. The van der Waals surface area contributed by atoms with E-state index < -0.39 is 10.0 Å². The molecule has 1 saturated heterocycles. The first-order valence-electron chi connectivity index (χ1n) is 10.6. The summed E-state index contributed by atoms with van der Waals surface area (Å²) < 4.78 is 33.5. The third-order valence-electron chi connectivity index (χ3n) is 5.77. The Bertz CT molecular complexity index is 1260. The van der Waals surface area contributed by atoms with Crippen molar-refractivity contribution in [3.63, 3.8) is 0 Å². The van der Waals surface area contributed by atoms with Gasteiger partial charge >= 0.3 is 6.01 Å². The van der Waals surface area contributed by atoms with E-state index in [4.69, 9.17) is 16.0 Å². The van der Waals surface area contributed by atoms with E-state index in [1.807, 2.05) is 32.9 Å². The van der Waals surface area contributed by atoms with E-state index >= 15 is 0 Å². The van der Waals surface area contributed by atoms with E-state index in [0.29, 0.717) is 28.3 Å². The summed E-state index contributed by atoms with van der Waals surface area (Å²) in [4.78, 5) is 13.1. The molecule has 0 saturated carbocycles. The average Bonchev–Trinajstić information content (AvgIpc) is 3.22. The lowest BCUT2D eigenvalue weighted by Gasteiger charge is -2.31. The van der Waals surface area contributed by atoms with Gasteiger partial charge in [0.25, 0.3) is 0 Å². The Balaban J connectivity index is 1.39. The van der Waals surface area contributed by atoms with Gasteiger partial charge in [-0.15, -0.1) is 5.10 Å². The van der Waals surface area contributed by atoms with Crippen molar-refractivity contribution < 1.29 is 17.6 Å². The van der Waals surface area contributed by atoms with Gasteiger partial charge in [-0.3, -0.25) is 10.1 Å². The molecule has 0 atom stereocenters. The molecular formula is C23H25ClN4O4S. The molecule has 33 heavy (non-hydrogen) atoms. The van der Waals surface area contributed by atoms with Gasteiger partial charge in [-0.05, 0) is 69.0 Å². The van der Waals surface area contributed by atoms with E-state index in [9.17, 15) is 13.2 Å². The Labute approximate surface area is 198 Å². The van der Waals surface area contributed by atoms with Crippen molar-refractivity contribution in [2.45, 2.75) is 38.5 Å². The molecule has 0 aliphatic carbocycles. The molecule has 0 unspecified atom stereocenters. The highest BCUT2D eigenvalue weighted by atomic mass is 35.5. The van der Waals surface area contributed by atoms with Crippen LogP contribution in [0, 0.1) is 26.7 Å². The SMILES string of the molecule is Cc1cc(C)c(S(=O)(=O)N2CCC(C(=O)Nc3nnc(-c4ccc(Cl)cc4)o3)CC2)c(C)c1. The second-order valence-electron chi connectivity index (χ2n) is 8.31. The molecule has 4 rings (SSSR count). The van der Waals surface area contributed by atoms with Crippen LogP contribution in [-0.2, 0) is 14.8 Å². The summed E-state index contributed by atoms with van der Waals surface area (Å²) in [5.41, 5.74) is 3.19. The summed E-state index contributed by atoms with van der Waals surface area (Å²) in [6, 6.07) is 10.7. The molecule has 1 N–H and O–H groups in total. The average molecular weight is 489 g/mol. The van der Waals surface area contributed by atoms with Crippen molar-refractivity contribution in [3.8, 4) is 11.5 Å². The molecule has 174 valence electrons. The maximum Gasteiger partial charge on any atom is 0.322 e. The fourth-order valence-electron chi connectivity index (χ4n) is 4.25. The maximum absolute atomic E-state index is 13.3. The van der Waals surface area contributed by atoms with Crippen molar-refractivity contribution in [3.05, 3.63) is 58.1 Å². The molecule has 1 aliphatic heterocycles.